The molecule has 0 saturated heterocycles. The van der Waals surface area contributed by atoms with Gasteiger partial charge in [-0.25, -0.2) is 0 Å². The van der Waals surface area contributed by atoms with E-state index in [2.05, 4.69) is 48.6 Å². The average Bonchev–Trinajstić information content (AvgIpc) is 2.53. The molecule has 0 spiro atoms. The van der Waals surface area contributed by atoms with Crippen molar-refractivity contribution in [2.24, 2.45) is 0 Å². The van der Waals surface area contributed by atoms with Crippen LogP contribution in [0.4, 0.5) is 0 Å². The molecular weight excluding hydrogens is 246 g/mol. The molecule has 20 heavy (non-hydrogen) atoms. The number of aliphatic hydroxyl groups excluding tert-OH is 1. The molecule has 1 unspecified atom stereocenters. The molecule has 0 aliphatic heterocycles. The van der Waals surface area contributed by atoms with Gasteiger partial charge >= 0.3 is 0 Å². The van der Waals surface area contributed by atoms with Crippen LogP contribution in [-0.4, -0.2) is 11.7 Å². The van der Waals surface area contributed by atoms with Gasteiger partial charge in [0.15, 0.2) is 0 Å². The van der Waals surface area contributed by atoms with E-state index in [9.17, 15) is 5.11 Å². The maximum Gasteiger partial charge on any atom is 0.0449 e. The monoisotopic (exact) mass is 269 g/mol. The van der Waals surface area contributed by atoms with Gasteiger partial charge in [0.2, 0.25) is 0 Å². The molecule has 0 aromatic heterocycles. The third kappa shape index (κ3) is 3.92. The fourth-order valence-corrected chi connectivity index (χ4v) is 2.54. The van der Waals surface area contributed by atoms with Gasteiger partial charge in [-0.1, -0.05) is 67.6 Å². The molecular formula is C18H23NO. The second kappa shape index (κ2) is 7.83. The van der Waals surface area contributed by atoms with E-state index in [-0.39, 0.29) is 12.6 Å². The van der Waals surface area contributed by atoms with Crippen molar-refractivity contribution in [3.63, 3.8) is 0 Å². The maximum atomic E-state index is 9.31. The number of benzene rings is 2. The highest BCUT2D eigenvalue weighted by Crippen LogP contribution is 2.24. The molecule has 2 nitrogen and oxygen atoms in total. The van der Waals surface area contributed by atoms with E-state index in [0.717, 1.165) is 12.8 Å². The SMILES string of the molecule is CCC(N[C@H](CCO)c1ccccc1)c1ccccc1. The van der Waals surface area contributed by atoms with Crippen LogP contribution in [0.1, 0.15) is 43.0 Å². The molecule has 2 heteroatoms. The summed E-state index contributed by atoms with van der Waals surface area (Å²) in [5.74, 6) is 0. The highest BCUT2D eigenvalue weighted by Gasteiger charge is 2.16. The summed E-state index contributed by atoms with van der Waals surface area (Å²) in [5, 5.41) is 13.0. The predicted molar refractivity (Wildman–Crippen MR) is 83.5 cm³/mol. The van der Waals surface area contributed by atoms with E-state index in [1.165, 1.54) is 11.1 Å². The average molecular weight is 269 g/mol. The number of hydrogen-bond acceptors (Lipinski definition) is 2. The van der Waals surface area contributed by atoms with Crippen LogP contribution in [-0.2, 0) is 0 Å². The number of rotatable bonds is 7. The third-order valence-electron chi connectivity index (χ3n) is 3.63. The molecule has 2 aromatic rings. The first kappa shape index (κ1) is 14.8. The molecule has 0 fully saturated rings. The molecule has 0 bridgehead atoms. The summed E-state index contributed by atoms with van der Waals surface area (Å²) in [5.41, 5.74) is 2.53. The molecule has 0 amide bonds. The summed E-state index contributed by atoms with van der Waals surface area (Å²) in [7, 11) is 0. The van der Waals surface area contributed by atoms with Crippen molar-refractivity contribution in [1.82, 2.24) is 5.32 Å². The smallest absolute Gasteiger partial charge is 0.0449 e. The minimum Gasteiger partial charge on any atom is -0.396 e. The zero-order chi connectivity index (χ0) is 14.2. The Morgan fingerprint density at radius 2 is 1.35 bits per heavy atom. The van der Waals surface area contributed by atoms with E-state index >= 15 is 0 Å². The van der Waals surface area contributed by atoms with Crippen LogP contribution < -0.4 is 5.32 Å². The minimum atomic E-state index is 0.186. The van der Waals surface area contributed by atoms with Crippen molar-refractivity contribution in [2.45, 2.75) is 31.8 Å². The lowest BCUT2D eigenvalue weighted by atomic mass is 9.99. The van der Waals surface area contributed by atoms with Crippen LogP contribution in [0.2, 0.25) is 0 Å². The number of aliphatic hydroxyl groups is 1. The largest absolute Gasteiger partial charge is 0.396 e. The summed E-state index contributed by atoms with van der Waals surface area (Å²) in [6.07, 6.45) is 1.76. The van der Waals surface area contributed by atoms with Crippen LogP contribution >= 0.6 is 0 Å². The Balaban J connectivity index is 2.14. The Hall–Kier alpha value is -1.64. The van der Waals surface area contributed by atoms with Crippen LogP contribution in [0.25, 0.3) is 0 Å². The highest BCUT2D eigenvalue weighted by molar-refractivity contribution is 5.22. The first-order chi connectivity index (χ1) is 9.85. The quantitative estimate of drug-likeness (QED) is 0.800. The molecule has 2 N–H and O–H groups in total. The van der Waals surface area contributed by atoms with E-state index in [1.54, 1.807) is 0 Å². The number of nitrogens with one attached hydrogen (secondary N) is 1. The van der Waals surface area contributed by atoms with Crippen LogP contribution in [0.5, 0.6) is 0 Å². The normalized spacial score (nSPS) is 13.9. The lowest BCUT2D eigenvalue weighted by molar-refractivity contribution is 0.258. The van der Waals surface area contributed by atoms with E-state index in [1.807, 2.05) is 24.3 Å². The molecule has 2 rings (SSSR count). The molecule has 2 aromatic carbocycles. The van der Waals surface area contributed by atoms with E-state index in [4.69, 9.17) is 0 Å². The van der Waals surface area contributed by atoms with Gasteiger partial charge in [-0.3, -0.25) is 0 Å². The number of hydrogen-bond donors (Lipinski definition) is 2. The molecule has 106 valence electrons. The second-order valence-electron chi connectivity index (χ2n) is 5.01. The fraction of sp³-hybridized carbons (Fsp3) is 0.333. The van der Waals surface area contributed by atoms with Crippen LogP contribution in [0.3, 0.4) is 0 Å². The Morgan fingerprint density at radius 3 is 1.80 bits per heavy atom. The van der Waals surface area contributed by atoms with Crippen molar-refractivity contribution in [3.05, 3.63) is 71.8 Å². The summed E-state index contributed by atoms with van der Waals surface area (Å²) in [6, 6.07) is 21.3. The van der Waals surface area contributed by atoms with Crippen molar-refractivity contribution < 1.29 is 5.11 Å². The minimum absolute atomic E-state index is 0.186. The third-order valence-corrected chi connectivity index (χ3v) is 3.63. The lowest BCUT2D eigenvalue weighted by Crippen LogP contribution is -2.27. The molecule has 0 radical (unpaired) electrons. The second-order valence-corrected chi connectivity index (χ2v) is 5.01. The summed E-state index contributed by atoms with van der Waals surface area (Å²) < 4.78 is 0. The summed E-state index contributed by atoms with van der Waals surface area (Å²) in [4.78, 5) is 0. The van der Waals surface area contributed by atoms with Crippen molar-refractivity contribution in [1.29, 1.82) is 0 Å². The predicted octanol–water partition coefficient (Wildman–Crippen LogP) is 3.85. The zero-order valence-electron chi connectivity index (χ0n) is 12.0. The fourth-order valence-electron chi connectivity index (χ4n) is 2.54. The van der Waals surface area contributed by atoms with Gasteiger partial charge in [-0.05, 0) is 24.0 Å². The Kier molecular flexibility index (Phi) is 5.78. The molecule has 0 saturated carbocycles. The van der Waals surface area contributed by atoms with Gasteiger partial charge < -0.3 is 10.4 Å². The van der Waals surface area contributed by atoms with Gasteiger partial charge in [-0.2, -0.15) is 0 Å². The zero-order valence-corrected chi connectivity index (χ0v) is 12.0. The van der Waals surface area contributed by atoms with Gasteiger partial charge in [0.25, 0.3) is 0 Å². The standard InChI is InChI=1S/C18H23NO/c1-2-17(15-9-5-3-6-10-15)19-18(13-14-20)16-11-7-4-8-12-16/h3-12,17-20H,2,13-14H2,1H3/t17?,18-/m1/s1. The van der Waals surface area contributed by atoms with Gasteiger partial charge in [0.05, 0.1) is 0 Å². The maximum absolute atomic E-state index is 9.31. The van der Waals surface area contributed by atoms with Gasteiger partial charge in [-0.15, -0.1) is 0 Å². The van der Waals surface area contributed by atoms with Crippen molar-refractivity contribution in [3.8, 4) is 0 Å². The molecule has 0 aliphatic rings. The Bertz CT molecular complexity index is 483. The Morgan fingerprint density at radius 1 is 0.850 bits per heavy atom. The molecule has 2 atom stereocenters. The summed E-state index contributed by atoms with van der Waals surface area (Å²) in [6.45, 7) is 2.38. The van der Waals surface area contributed by atoms with Gasteiger partial charge in [0.1, 0.15) is 0 Å². The summed E-state index contributed by atoms with van der Waals surface area (Å²) >= 11 is 0. The van der Waals surface area contributed by atoms with E-state index in [0.29, 0.717) is 6.04 Å². The van der Waals surface area contributed by atoms with Crippen LogP contribution in [0, 0.1) is 0 Å². The van der Waals surface area contributed by atoms with Gasteiger partial charge in [0, 0.05) is 18.7 Å². The molecule has 0 aliphatic carbocycles. The molecule has 0 heterocycles. The first-order valence-electron chi connectivity index (χ1n) is 7.32. The van der Waals surface area contributed by atoms with Crippen molar-refractivity contribution in [2.75, 3.05) is 6.61 Å². The Labute approximate surface area is 121 Å². The van der Waals surface area contributed by atoms with Crippen LogP contribution in [0.15, 0.2) is 60.7 Å². The van der Waals surface area contributed by atoms with Crippen molar-refractivity contribution >= 4 is 0 Å². The lowest BCUT2D eigenvalue weighted by Gasteiger charge is -2.25. The highest BCUT2D eigenvalue weighted by atomic mass is 16.3. The topological polar surface area (TPSA) is 32.3 Å². The first-order valence-corrected chi connectivity index (χ1v) is 7.32. The van der Waals surface area contributed by atoms with E-state index < -0.39 is 0 Å².